The van der Waals surface area contributed by atoms with Gasteiger partial charge in [-0.1, -0.05) is 47.3 Å². The SMILES string of the molecule is Cc1cc2c(cc3n2CC(C)(C(=O)NC2CCCCC2)N(Cc2cccc(Br)c2)C3=O)o1. The highest BCUT2D eigenvalue weighted by Gasteiger charge is 2.48. The lowest BCUT2D eigenvalue weighted by Crippen LogP contribution is -2.64. The van der Waals surface area contributed by atoms with Crippen molar-refractivity contribution in [3.8, 4) is 0 Å². The van der Waals surface area contributed by atoms with E-state index in [1.807, 2.05) is 48.7 Å². The summed E-state index contributed by atoms with van der Waals surface area (Å²) < 4.78 is 8.69. The van der Waals surface area contributed by atoms with Crippen molar-refractivity contribution in [2.45, 2.75) is 70.6 Å². The van der Waals surface area contributed by atoms with Crippen molar-refractivity contribution in [1.82, 2.24) is 14.8 Å². The van der Waals surface area contributed by atoms with Gasteiger partial charge in [0.1, 0.15) is 17.0 Å². The summed E-state index contributed by atoms with van der Waals surface area (Å²) in [5, 5.41) is 3.27. The Labute approximate surface area is 196 Å². The zero-order chi connectivity index (χ0) is 22.5. The molecular formula is C25H28BrN3O3. The number of hydrogen-bond acceptors (Lipinski definition) is 3. The average Bonchev–Trinajstić information content (AvgIpc) is 3.28. The van der Waals surface area contributed by atoms with E-state index in [1.54, 1.807) is 11.0 Å². The molecule has 1 aliphatic heterocycles. The van der Waals surface area contributed by atoms with Gasteiger partial charge in [-0.15, -0.1) is 0 Å². The number of aromatic nitrogens is 1. The lowest BCUT2D eigenvalue weighted by atomic mass is 9.91. The summed E-state index contributed by atoms with van der Waals surface area (Å²) in [6, 6.07) is 11.8. The van der Waals surface area contributed by atoms with Gasteiger partial charge in [-0.3, -0.25) is 9.59 Å². The van der Waals surface area contributed by atoms with Gasteiger partial charge >= 0.3 is 0 Å². The van der Waals surface area contributed by atoms with Crippen LogP contribution in [0.25, 0.3) is 11.1 Å². The highest BCUT2D eigenvalue weighted by atomic mass is 79.9. The van der Waals surface area contributed by atoms with Gasteiger partial charge in [0.15, 0.2) is 5.58 Å². The zero-order valence-electron chi connectivity index (χ0n) is 18.5. The van der Waals surface area contributed by atoms with Gasteiger partial charge < -0.3 is 19.2 Å². The van der Waals surface area contributed by atoms with Gasteiger partial charge in [-0.25, -0.2) is 0 Å². The van der Waals surface area contributed by atoms with Crippen molar-refractivity contribution >= 4 is 38.8 Å². The minimum atomic E-state index is -1.01. The molecule has 3 aromatic rings. The maximum absolute atomic E-state index is 13.7. The molecule has 1 saturated carbocycles. The van der Waals surface area contributed by atoms with Crippen molar-refractivity contribution in [2.75, 3.05) is 0 Å². The Kier molecular flexibility index (Phi) is 5.40. The standard InChI is InChI=1S/C25H28BrN3O3/c1-16-11-20-22(32-16)13-21-23(30)29(14-17-7-6-8-18(26)12-17)25(2,15-28(20)21)24(31)27-19-9-4-3-5-10-19/h6-8,11-13,19H,3-5,9-10,14-15H2,1-2H3,(H,27,31). The van der Waals surface area contributed by atoms with Crippen molar-refractivity contribution in [2.24, 2.45) is 0 Å². The molecule has 1 atom stereocenters. The van der Waals surface area contributed by atoms with Crippen LogP contribution in [0.3, 0.4) is 0 Å². The average molecular weight is 498 g/mol. The van der Waals surface area contributed by atoms with Crippen LogP contribution >= 0.6 is 15.9 Å². The zero-order valence-corrected chi connectivity index (χ0v) is 20.1. The highest BCUT2D eigenvalue weighted by Crippen LogP contribution is 2.35. The molecule has 168 valence electrons. The highest BCUT2D eigenvalue weighted by molar-refractivity contribution is 9.10. The molecule has 2 amide bonds. The van der Waals surface area contributed by atoms with Crippen molar-refractivity contribution in [3.63, 3.8) is 0 Å². The summed E-state index contributed by atoms with van der Waals surface area (Å²) >= 11 is 3.52. The summed E-state index contributed by atoms with van der Waals surface area (Å²) in [5.74, 6) is 0.560. The Bertz CT molecular complexity index is 1190. The third-order valence-electron chi connectivity index (χ3n) is 6.90. The number of halogens is 1. The molecule has 5 rings (SSSR count). The molecule has 1 aromatic carbocycles. The van der Waals surface area contributed by atoms with E-state index in [2.05, 4.69) is 21.2 Å². The maximum atomic E-state index is 13.7. The number of benzene rings is 1. The third kappa shape index (κ3) is 3.66. The number of carbonyl (C=O) groups excluding carboxylic acids is 2. The van der Waals surface area contributed by atoms with E-state index < -0.39 is 5.54 Å². The Hall–Kier alpha value is -2.54. The molecule has 0 radical (unpaired) electrons. The summed E-state index contributed by atoms with van der Waals surface area (Å²) in [6.45, 7) is 4.54. The van der Waals surface area contributed by atoms with Crippen molar-refractivity contribution in [3.05, 3.63) is 57.9 Å². The second kappa shape index (κ2) is 8.10. The van der Waals surface area contributed by atoms with Crippen molar-refractivity contribution < 1.29 is 14.0 Å². The van der Waals surface area contributed by atoms with E-state index in [9.17, 15) is 9.59 Å². The molecule has 0 spiro atoms. The van der Waals surface area contributed by atoms with E-state index in [0.717, 1.165) is 47.0 Å². The Morgan fingerprint density at radius 1 is 1.22 bits per heavy atom. The van der Waals surface area contributed by atoms with Crippen molar-refractivity contribution in [1.29, 1.82) is 0 Å². The van der Waals surface area contributed by atoms with E-state index >= 15 is 0 Å². The van der Waals surface area contributed by atoms with Crippen LogP contribution in [0, 0.1) is 6.92 Å². The van der Waals surface area contributed by atoms with E-state index in [-0.39, 0.29) is 17.9 Å². The van der Waals surface area contributed by atoms with Gasteiger partial charge in [0.2, 0.25) is 5.91 Å². The largest absolute Gasteiger partial charge is 0.460 e. The van der Waals surface area contributed by atoms with Crippen LogP contribution in [-0.2, 0) is 17.9 Å². The lowest BCUT2D eigenvalue weighted by Gasteiger charge is -2.44. The van der Waals surface area contributed by atoms with Crippen LogP contribution in [0.5, 0.6) is 0 Å². The fraction of sp³-hybridized carbons (Fsp3) is 0.440. The molecule has 2 aliphatic rings. The second-order valence-electron chi connectivity index (χ2n) is 9.33. The van der Waals surface area contributed by atoms with Crippen LogP contribution in [0.2, 0.25) is 0 Å². The van der Waals surface area contributed by atoms with Gasteiger partial charge in [0, 0.05) is 29.2 Å². The molecule has 7 heteroatoms. The Morgan fingerprint density at radius 3 is 2.75 bits per heavy atom. The molecule has 1 unspecified atom stereocenters. The number of fused-ring (bicyclic) bond motifs is 3. The van der Waals surface area contributed by atoms with Crippen LogP contribution in [-0.4, -0.2) is 32.9 Å². The maximum Gasteiger partial charge on any atom is 0.271 e. The fourth-order valence-electron chi connectivity index (χ4n) is 5.11. The predicted octanol–water partition coefficient (Wildman–Crippen LogP) is 5.17. The Morgan fingerprint density at radius 2 is 2.00 bits per heavy atom. The number of hydrogen-bond donors (Lipinski definition) is 1. The number of aryl methyl sites for hydroxylation is 1. The minimum Gasteiger partial charge on any atom is -0.460 e. The number of rotatable bonds is 4. The summed E-state index contributed by atoms with van der Waals surface area (Å²) in [4.78, 5) is 29.2. The molecule has 1 fully saturated rings. The molecule has 32 heavy (non-hydrogen) atoms. The lowest BCUT2D eigenvalue weighted by molar-refractivity contribution is -0.134. The molecule has 3 heterocycles. The number of carbonyl (C=O) groups is 2. The molecule has 2 aromatic heterocycles. The van der Waals surface area contributed by atoms with Crippen LogP contribution < -0.4 is 5.32 Å². The summed E-state index contributed by atoms with van der Waals surface area (Å²) in [7, 11) is 0. The normalized spacial score (nSPS) is 21.7. The first-order valence-corrected chi connectivity index (χ1v) is 12.1. The number of nitrogens with one attached hydrogen (secondary N) is 1. The first-order valence-electron chi connectivity index (χ1n) is 11.3. The second-order valence-corrected chi connectivity index (χ2v) is 10.2. The fourth-order valence-corrected chi connectivity index (χ4v) is 5.56. The molecule has 0 bridgehead atoms. The summed E-state index contributed by atoms with van der Waals surface area (Å²) in [6.07, 6.45) is 5.50. The number of nitrogens with zero attached hydrogens (tertiary/aromatic N) is 2. The number of furan rings is 1. The smallest absolute Gasteiger partial charge is 0.271 e. The molecule has 1 aliphatic carbocycles. The van der Waals surface area contributed by atoms with Crippen LogP contribution in [0.4, 0.5) is 0 Å². The number of amides is 2. The summed E-state index contributed by atoms with van der Waals surface area (Å²) in [5.41, 5.74) is 2.08. The van der Waals surface area contributed by atoms with E-state index in [4.69, 9.17) is 4.42 Å². The van der Waals surface area contributed by atoms with E-state index in [0.29, 0.717) is 24.4 Å². The van der Waals surface area contributed by atoms with Gasteiger partial charge in [-0.05, 0) is 44.4 Å². The minimum absolute atomic E-state index is 0.0829. The first-order chi connectivity index (χ1) is 15.3. The predicted molar refractivity (Wildman–Crippen MR) is 126 cm³/mol. The van der Waals surface area contributed by atoms with Gasteiger partial charge in [-0.2, -0.15) is 0 Å². The molecular weight excluding hydrogens is 470 g/mol. The van der Waals surface area contributed by atoms with Crippen LogP contribution in [0.15, 0.2) is 45.3 Å². The molecule has 0 saturated heterocycles. The molecule has 6 nitrogen and oxygen atoms in total. The van der Waals surface area contributed by atoms with Crippen LogP contribution in [0.1, 0.15) is 60.8 Å². The third-order valence-corrected chi connectivity index (χ3v) is 7.39. The van der Waals surface area contributed by atoms with Gasteiger partial charge in [0.25, 0.3) is 5.91 Å². The topological polar surface area (TPSA) is 67.5 Å². The monoisotopic (exact) mass is 497 g/mol. The molecule has 1 N–H and O–H groups in total. The Balaban J connectivity index is 1.54. The van der Waals surface area contributed by atoms with E-state index in [1.165, 1.54) is 6.42 Å². The van der Waals surface area contributed by atoms with Gasteiger partial charge in [0.05, 0.1) is 12.1 Å². The quantitative estimate of drug-likeness (QED) is 0.540. The first kappa shape index (κ1) is 21.3.